The number of methoxy groups -OCH3 is 1. The van der Waals surface area contributed by atoms with Crippen LogP contribution in [0.5, 0.6) is 17.2 Å². The highest BCUT2D eigenvalue weighted by atomic mass is 32.1. The van der Waals surface area contributed by atoms with Crippen LogP contribution >= 0.6 is 11.3 Å². The van der Waals surface area contributed by atoms with Crippen molar-refractivity contribution in [1.82, 2.24) is 4.57 Å². The molecule has 0 fully saturated rings. The number of carbonyl (C=O) groups excluding carboxylic acids is 1. The van der Waals surface area contributed by atoms with E-state index in [1.165, 1.54) is 29.1 Å². The molecule has 0 radical (unpaired) electrons. The van der Waals surface area contributed by atoms with E-state index < -0.39 is 12.0 Å². The second-order valence-corrected chi connectivity index (χ2v) is 8.91. The molecule has 1 aliphatic heterocycles. The summed E-state index contributed by atoms with van der Waals surface area (Å²) in [5.74, 6) is 0.430. The second-order valence-electron chi connectivity index (χ2n) is 7.90. The maximum atomic E-state index is 13.7. The zero-order valence-electron chi connectivity index (χ0n) is 20.2. The van der Waals surface area contributed by atoms with Gasteiger partial charge in [0.15, 0.2) is 16.3 Å². The van der Waals surface area contributed by atoms with Crippen LogP contribution in [0.15, 0.2) is 76.2 Å². The molecule has 1 aliphatic rings. The lowest BCUT2D eigenvalue weighted by atomic mass is 9.96. The van der Waals surface area contributed by atoms with E-state index in [1.54, 1.807) is 50.3 Å². The quantitative estimate of drug-likeness (QED) is 0.372. The Hall–Kier alpha value is -4.11. The molecule has 0 amide bonds. The van der Waals surface area contributed by atoms with E-state index in [0.29, 0.717) is 44.3 Å². The number of fused-ring (bicyclic) bond motifs is 1. The zero-order valence-corrected chi connectivity index (χ0v) is 21.0. The van der Waals surface area contributed by atoms with Crippen LogP contribution in [0, 0.1) is 0 Å². The van der Waals surface area contributed by atoms with Gasteiger partial charge in [0.1, 0.15) is 12.4 Å². The fourth-order valence-corrected chi connectivity index (χ4v) is 4.99. The molecule has 36 heavy (non-hydrogen) atoms. The van der Waals surface area contributed by atoms with Crippen LogP contribution in [0.4, 0.5) is 0 Å². The molecule has 1 aromatic heterocycles. The van der Waals surface area contributed by atoms with Gasteiger partial charge < -0.3 is 19.3 Å². The second kappa shape index (κ2) is 10.7. The highest BCUT2D eigenvalue weighted by Gasteiger charge is 2.33. The summed E-state index contributed by atoms with van der Waals surface area (Å²) in [6, 6.07) is 11.3. The third kappa shape index (κ3) is 4.83. The third-order valence-corrected chi connectivity index (χ3v) is 6.57. The molecule has 0 spiro atoms. The molecular weight excluding hydrogens is 480 g/mol. The van der Waals surface area contributed by atoms with Crippen LogP contribution in [0.25, 0.3) is 6.08 Å². The van der Waals surface area contributed by atoms with Gasteiger partial charge in [-0.2, -0.15) is 0 Å². The van der Waals surface area contributed by atoms with Crippen molar-refractivity contribution in [3.05, 3.63) is 97.2 Å². The van der Waals surface area contributed by atoms with Crippen LogP contribution in [0.1, 0.15) is 31.0 Å². The van der Waals surface area contributed by atoms with Gasteiger partial charge in [0.25, 0.3) is 5.56 Å². The van der Waals surface area contributed by atoms with Gasteiger partial charge in [-0.3, -0.25) is 9.36 Å². The Kier molecular flexibility index (Phi) is 7.40. The zero-order chi connectivity index (χ0) is 25.8. The first-order chi connectivity index (χ1) is 17.4. The van der Waals surface area contributed by atoms with Gasteiger partial charge in [0.2, 0.25) is 0 Å². The summed E-state index contributed by atoms with van der Waals surface area (Å²) in [5, 5.41) is 9.89. The molecule has 1 N–H and O–H groups in total. The average Bonchev–Trinajstić information content (AvgIpc) is 3.17. The number of aromatic nitrogens is 1. The topological polar surface area (TPSA) is 99.4 Å². The number of esters is 1. The number of thiazole rings is 1. The standard InChI is InChI=1S/C27H26N2O6S/c1-5-13-35-19-10-8-18(9-11-19)24-23(26(32)34-6-2)16(3)28-27-29(24)25(31)22(36-27)15-17-7-12-20(30)21(14-17)33-4/h5,7-12,14-15,24,30H,1,6,13H2,2-4H3/b22-15-/t24-/m0/s1. The van der Waals surface area contributed by atoms with Gasteiger partial charge in [0, 0.05) is 0 Å². The molecular formula is C27H26N2O6S. The Morgan fingerprint density at radius 1 is 1.25 bits per heavy atom. The Balaban J connectivity index is 1.88. The van der Waals surface area contributed by atoms with Gasteiger partial charge in [-0.15, -0.1) is 0 Å². The van der Waals surface area contributed by atoms with Gasteiger partial charge in [-0.05, 0) is 55.3 Å². The van der Waals surface area contributed by atoms with E-state index in [0.717, 1.165) is 5.56 Å². The van der Waals surface area contributed by atoms with E-state index in [9.17, 15) is 14.7 Å². The van der Waals surface area contributed by atoms with Crippen molar-refractivity contribution in [2.45, 2.75) is 19.9 Å². The Morgan fingerprint density at radius 3 is 2.67 bits per heavy atom. The largest absolute Gasteiger partial charge is 0.504 e. The SMILES string of the molecule is C=CCOc1ccc([C@H]2C(C(=O)OCC)=C(C)N=c3s/c(=C\c4ccc(O)c(OC)c4)c(=O)n32)cc1. The van der Waals surface area contributed by atoms with E-state index in [-0.39, 0.29) is 17.9 Å². The van der Waals surface area contributed by atoms with Gasteiger partial charge in [-0.1, -0.05) is 42.2 Å². The average molecular weight is 507 g/mol. The highest BCUT2D eigenvalue weighted by molar-refractivity contribution is 7.07. The molecule has 3 aromatic rings. The maximum absolute atomic E-state index is 13.7. The molecule has 0 unspecified atom stereocenters. The Labute approximate surface area is 211 Å². The smallest absolute Gasteiger partial charge is 0.338 e. The highest BCUT2D eigenvalue weighted by Crippen LogP contribution is 2.32. The summed E-state index contributed by atoms with van der Waals surface area (Å²) < 4.78 is 18.0. The summed E-state index contributed by atoms with van der Waals surface area (Å²) in [7, 11) is 1.46. The molecule has 0 saturated carbocycles. The fourth-order valence-electron chi connectivity index (χ4n) is 3.94. The number of nitrogens with zero attached hydrogens (tertiary/aromatic N) is 2. The lowest BCUT2D eigenvalue weighted by molar-refractivity contribution is -0.139. The number of hydrogen-bond donors (Lipinski definition) is 1. The van der Waals surface area contributed by atoms with Gasteiger partial charge in [-0.25, -0.2) is 9.79 Å². The van der Waals surface area contributed by atoms with E-state index in [1.807, 2.05) is 12.1 Å². The summed E-state index contributed by atoms with van der Waals surface area (Å²) in [4.78, 5) is 31.7. The van der Waals surface area contributed by atoms with Crippen molar-refractivity contribution in [3.8, 4) is 17.2 Å². The van der Waals surface area contributed by atoms with Crippen molar-refractivity contribution >= 4 is 23.4 Å². The van der Waals surface area contributed by atoms with Crippen molar-refractivity contribution in [1.29, 1.82) is 0 Å². The monoisotopic (exact) mass is 506 g/mol. The Morgan fingerprint density at radius 2 is 2.00 bits per heavy atom. The molecule has 9 heteroatoms. The lowest BCUT2D eigenvalue weighted by Gasteiger charge is -2.24. The van der Waals surface area contributed by atoms with Crippen molar-refractivity contribution < 1.29 is 24.1 Å². The van der Waals surface area contributed by atoms with Crippen molar-refractivity contribution in [3.63, 3.8) is 0 Å². The predicted octanol–water partition coefficient (Wildman–Crippen LogP) is 3.08. The van der Waals surface area contributed by atoms with Crippen molar-refractivity contribution in [2.24, 2.45) is 4.99 Å². The number of phenolic OH excluding ortho intramolecular Hbond substituents is 1. The summed E-state index contributed by atoms with van der Waals surface area (Å²) in [6.45, 7) is 7.68. The van der Waals surface area contributed by atoms with Crippen LogP contribution in [-0.2, 0) is 9.53 Å². The summed E-state index contributed by atoms with van der Waals surface area (Å²) in [5.41, 5.74) is 1.90. The fraction of sp³-hybridized carbons (Fsp3) is 0.222. The molecule has 0 aliphatic carbocycles. The lowest BCUT2D eigenvalue weighted by Crippen LogP contribution is -2.39. The first-order valence-electron chi connectivity index (χ1n) is 11.3. The molecule has 1 atom stereocenters. The number of ether oxygens (including phenoxy) is 3. The number of aromatic hydroxyl groups is 1. The summed E-state index contributed by atoms with van der Waals surface area (Å²) >= 11 is 1.22. The van der Waals surface area contributed by atoms with Gasteiger partial charge in [0.05, 0.1) is 35.6 Å². The van der Waals surface area contributed by atoms with E-state index in [4.69, 9.17) is 14.2 Å². The minimum absolute atomic E-state index is 0.00586. The van der Waals surface area contributed by atoms with Crippen LogP contribution in [0.3, 0.4) is 0 Å². The van der Waals surface area contributed by atoms with Crippen LogP contribution in [0.2, 0.25) is 0 Å². The maximum Gasteiger partial charge on any atom is 0.338 e. The third-order valence-electron chi connectivity index (χ3n) is 5.58. The normalized spacial score (nSPS) is 15.2. The minimum Gasteiger partial charge on any atom is -0.504 e. The van der Waals surface area contributed by atoms with E-state index >= 15 is 0 Å². The summed E-state index contributed by atoms with van der Waals surface area (Å²) in [6.07, 6.45) is 3.36. The minimum atomic E-state index is -0.717. The number of hydrogen-bond acceptors (Lipinski definition) is 8. The predicted molar refractivity (Wildman–Crippen MR) is 137 cm³/mol. The molecule has 0 saturated heterocycles. The molecule has 0 bridgehead atoms. The Bertz CT molecular complexity index is 1520. The first kappa shape index (κ1) is 25.0. The van der Waals surface area contributed by atoms with Crippen molar-refractivity contribution in [2.75, 3.05) is 20.3 Å². The molecule has 2 aromatic carbocycles. The number of phenols is 1. The van der Waals surface area contributed by atoms with E-state index in [2.05, 4.69) is 11.6 Å². The molecule has 2 heterocycles. The number of carbonyl (C=O) groups is 1. The van der Waals surface area contributed by atoms with Gasteiger partial charge >= 0.3 is 5.97 Å². The molecule has 186 valence electrons. The van der Waals surface area contributed by atoms with Crippen LogP contribution in [-0.4, -0.2) is 36.0 Å². The number of allylic oxidation sites excluding steroid dienone is 1. The first-order valence-corrected chi connectivity index (χ1v) is 12.1. The molecule has 8 nitrogen and oxygen atoms in total. The van der Waals surface area contributed by atoms with Crippen LogP contribution < -0.4 is 24.4 Å². The number of rotatable bonds is 8. The molecule has 4 rings (SSSR count). The number of benzene rings is 2.